The third kappa shape index (κ3) is 3.45. The van der Waals surface area contributed by atoms with Crippen LogP contribution in [0, 0.1) is 6.92 Å². The van der Waals surface area contributed by atoms with E-state index in [9.17, 15) is 0 Å². The number of halogens is 1. The van der Waals surface area contributed by atoms with Gasteiger partial charge in [0.05, 0.1) is 12.8 Å². The molecule has 3 nitrogen and oxygen atoms in total. The third-order valence-corrected chi connectivity index (χ3v) is 3.90. The molecule has 0 unspecified atom stereocenters. The number of hydrogen-bond acceptors (Lipinski definition) is 3. The fourth-order valence-electron chi connectivity index (χ4n) is 2.36. The Morgan fingerprint density at radius 3 is 2.78 bits per heavy atom. The molecule has 18 heavy (non-hydrogen) atoms. The minimum absolute atomic E-state index is 0.746. The topological polar surface area (TPSA) is 25.4 Å². The Morgan fingerprint density at radius 2 is 2.22 bits per heavy atom. The molecule has 0 N–H and O–H groups in total. The SMILES string of the molecule is COc1cc(C)nc(CN(CCBr)C2CCC2)c1. The molecule has 1 fully saturated rings. The van der Waals surface area contributed by atoms with Crippen LogP contribution in [0.15, 0.2) is 12.1 Å². The molecule has 1 saturated carbocycles. The van der Waals surface area contributed by atoms with Gasteiger partial charge < -0.3 is 4.74 Å². The van der Waals surface area contributed by atoms with Crippen molar-refractivity contribution in [3.8, 4) is 5.75 Å². The Bertz CT molecular complexity index is 393. The number of aromatic nitrogens is 1. The summed E-state index contributed by atoms with van der Waals surface area (Å²) in [4.78, 5) is 7.13. The van der Waals surface area contributed by atoms with Crippen LogP contribution in [0.4, 0.5) is 0 Å². The smallest absolute Gasteiger partial charge is 0.122 e. The molecule has 0 amide bonds. The van der Waals surface area contributed by atoms with Gasteiger partial charge in [-0.25, -0.2) is 0 Å². The quantitative estimate of drug-likeness (QED) is 0.755. The molecule has 0 radical (unpaired) electrons. The van der Waals surface area contributed by atoms with Gasteiger partial charge in [-0.05, 0) is 19.8 Å². The number of methoxy groups -OCH3 is 1. The maximum absolute atomic E-state index is 5.31. The second-order valence-corrected chi connectivity index (χ2v) is 5.68. The zero-order chi connectivity index (χ0) is 13.0. The lowest BCUT2D eigenvalue weighted by molar-refractivity contribution is 0.126. The van der Waals surface area contributed by atoms with Gasteiger partial charge >= 0.3 is 0 Å². The fourth-order valence-corrected chi connectivity index (χ4v) is 2.82. The maximum atomic E-state index is 5.31. The first-order chi connectivity index (χ1) is 8.72. The normalized spacial score (nSPS) is 15.8. The zero-order valence-corrected chi connectivity index (χ0v) is 12.7. The van der Waals surface area contributed by atoms with E-state index in [1.165, 1.54) is 19.3 Å². The van der Waals surface area contributed by atoms with Gasteiger partial charge in [-0.2, -0.15) is 0 Å². The Hall–Kier alpha value is -0.610. The molecule has 2 rings (SSSR count). The van der Waals surface area contributed by atoms with Gasteiger partial charge in [0.25, 0.3) is 0 Å². The van der Waals surface area contributed by atoms with Gasteiger partial charge in [0.2, 0.25) is 0 Å². The van der Waals surface area contributed by atoms with Gasteiger partial charge in [0, 0.05) is 42.3 Å². The zero-order valence-electron chi connectivity index (χ0n) is 11.2. The molecule has 0 aliphatic heterocycles. The highest BCUT2D eigenvalue weighted by Gasteiger charge is 2.24. The molecule has 0 bridgehead atoms. The second-order valence-electron chi connectivity index (χ2n) is 4.88. The number of nitrogens with zero attached hydrogens (tertiary/aromatic N) is 2. The summed E-state index contributed by atoms with van der Waals surface area (Å²) in [7, 11) is 1.71. The van der Waals surface area contributed by atoms with Crippen LogP contribution < -0.4 is 4.74 Å². The number of ether oxygens (including phenoxy) is 1. The molecule has 1 aromatic heterocycles. The van der Waals surface area contributed by atoms with Crippen LogP contribution in [0.2, 0.25) is 0 Å². The number of rotatable bonds is 6. The molecular formula is C14H21BrN2O. The van der Waals surface area contributed by atoms with Crippen molar-refractivity contribution in [2.45, 2.75) is 38.8 Å². The van der Waals surface area contributed by atoms with Crippen molar-refractivity contribution in [3.05, 3.63) is 23.5 Å². The van der Waals surface area contributed by atoms with Gasteiger partial charge in [0.15, 0.2) is 0 Å². The molecule has 1 aliphatic rings. The Kier molecular flexibility index (Phi) is 5.01. The van der Waals surface area contributed by atoms with Gasteiger partial charge in [-0.3, -0.25) is 9.88 Å². The fraction of sp³-hybridized carbons (Fsp3) is 0.643. The summed E-state index contributed by atoms with van der Waals surface area (Å²) in [6, 6.07) is 4.77. The van der Waals surface area contributed by atoms with Crippen molar-refractivity contribution < 1.29 is 4.74 Å². The predicted molar refractivity (Wildman–Crippen MR) is 77.4 cm³/mol. The minimum Gasteiger partial charge on any atom is -0.497 e. The lowest BCUT2D eigenvalue weighted by Gasteiger charge is -2.37. The number of alkyl halides is 1. The summed E-state index contributed by atoms with van der Waals surface area (Å²) in [5, 5.41) is 1.02. The lowest BCUT2D eigenvalue weighted by Crippen LogP contribution is -2.40. The van der Waals surface area contributed by atoms with Crippen molar-refractivity contribution in [3.63, 3.8) is 0 Å². The van der Waals surface area contributed by atoms with Crippen molar-refractivity contribution in [2.75, 3.05) is 19.0 Å². The van der Waals surface area contributed by atoms with Crippen LogP contribution in [-0.2, 0) is 6.54 Å². The first kappa shape index (κ1) is 13.8. The Labute approximate surface area is 118 Å². The van der Waals surface area contributed by atoms with E-state index < -0.39 is 0 Å². The number of pyridine rings is 1. The van der Waals surface area contributed by atoms with E-state index in [0.29, 0.717) is 0 Å². The standard InChI is InChI=1S/C14H21BrN2O/c1-11-8-14(18-2)9-12(16-11)10-17(7-6-15)13-4-3-5-13/h8-9,13H,3-7,10H2,1-2H3. The Morgan fingerprint density at radius 1 is 1.44 bits per heavy atom. The van der Waals surface area contributed by atoms with Crippen molar-refractivity contribution >= 4 is 15.9 Å². The van der Waals surface area contributed by atoms with E-state index in [1.54, 1.807) is 7.11 Å². The highest BCUT2D eigenvalue weighted by molar-refractivity contribution is 9.09. The van der Waals surface area contributed by atoms with Crippen LogP contribution in [0.3, 0.4) is 0 Å². The van der Waals surface area contributed by atoms with Crippen LogP contribution in [0.5, 0.6) is 5.75 Å². The monoisotopic (exact) mass is 312 g/mol. The van der Waals surface area contributed by atoms with Crippen molar-refractivity contribution in [1.82, 2.24) is 9.88 Å². The summed E-state index contributed by atoms with van der Waals surface area (Å²) >= 11 is 3.54. The lowest BCUT2D eigenvalue weighted by atomic mass is 9.91. The van der Waals surface area contributed by atoms with E-state index in [1.807, 2.05) is 19.1 Å². The molecule has 0 spiro atoms. The largest absolute Gasteiger partial charge is 0.497 e. The van der Waals surface area contributed by atoms with Gasteiger partial charge in [-0.15, -0.1) is 0 Å². The molecular weight excluding hydrogens is 292 g/mol. The van der Waals surface area contributed by atoms with E-state index >= 15 is 0 Å². The maximum Gasteiger partial charge on any atom is 0.122 e. The van der Waals surface area contributed by atoms with Crippen LogP contribution >= 0.6 is 15.9 Å². The number of hydrogen-bond donors (Lipinski definition) is 0. The van der Waals surface area contributed by atoms with E-state index in [0.717, 1.165) is 41.6 Å². The first-order valence-corrected chi connectivity index (χ1v) is 7.66. The molecule has 1 heterocycles. The van der Waals surface area contributed by atoms with Crippen LogP contribution in [-0.4, -0.2) is 34.9 Å². The molecule has 4 heteroatoms. The summed E-state index contributed by atoms with van der Waals surface area (Å²) in [6.45, 7) is 4.03. The summed E-state index contributed by atoms with van der Waals surface area (Å²) in [5.41, 5.74) is 2.14. The van der Waals surface area contributed by atoms with E-state index in [4.69, 9.17) is 4.74 Å². The minimum atomic E-state index is 0.746. The molecule has 0 saturated heterocycles. The second kappa shape index (κ2) is 6.53. The molecule has 0 atom stereocenters. The van der Waals surface area contributed by atoms with Crippen molar-refractivity contribution in [1.29, 1.82) is 0 Å². The Balaban J connectivity index is 2.07. The molecule has 100 valence electrons. The van der Waals surface area contributed by atoms with Crippen LogP contribution in [0.1, 0.15) is 30.7 Å². The van der Waals surface area contributed by atoms with Crippen LogP contribution in [0.25, 0.3) is 0 Å². The number of aryl methyl sites for hydroxylation is 1. The highest BCUT2D eigenvalue weighted by Crippen LogP contribution is 2.26. The summed E-state index contributed by atoms with van der Waals surface area (Å²) in [6.07, 6.45) is 4.03. The summed E-state index contributed by atoms with van der Waals surface area (Å²) in [5.74, 6) is 0.907. The average molecular weight is 313 g/mol. The molecule has 0 aromatic carbocycles. The first-order valence-electron chi connectivity index (χ1n) is 6.54. The average Bonchev–Trinajstić information content (AvgIpc) is 2.26. The summed E-state index contributed by atoms with van der Waals surface area (Å²) < 4.78 is 5.31. The van der Waals surface area contributed by atoms with Gasteiger partial charge in [-0.1, -0.05) is 22.4 Å². The molecule has 1 aromatic rings. The predicted octanol–water partition coefficient (Wildman–Crippen LogP) is 3.15. The molecule has 1 aliphatic carbocycles. The third-order valence-electron chi connectivity index (χ3n) is 3.54. The highest BCUT2D eigenvalue weighted by atomic mass is 79.9. The van der Waals surface area contributed by atoms with Crippen molar-refractivity contribution in [2.24, 2.45) is 0 Å². The van der Waals surface area contributed by atoms with E-state index in [2.05, 4.69) is 25.8 Å². The van der Waals surface area contributed by atoms with E-state index in [-0.39, 0.29) is 0 Å². The van der Waals surface area contributed by atoms with Gasteiger partial charge in [0.1, 0.15) is 5.75 Å².